The van der Waals surface area contributed by atoms with Crippen LogP contribution in [0.2, 0.25) is 0 Å². The first-order valence-corrected chi connectivity index (χ1v) is 6.17. The van der Waals surface area contributed by atoms with Gasteiger partial charge in [-0.05, 0) is 27.7 Å². The number of Topliss-reactive ketones (excluding diaryl/α,β-unsaturated/α-hetero) is 2. The molecule has 1 aliphatic rings. The molecule has 1 rings (SSSR count). The van der Waals surface area contributed by atoms with E-state index in [4.69, 9.17) is 9.05 Å². The third-order valence-corrected chi connectivity index (χ3v) is 4.69. The molecule has 16 heavy (non-hydrogen) atoms. The minimum Gasteiger partial charge on any atom is -0.297 e. The van der Waals surface area contributed by atoms with Crippen molar-refractivity contribution in [2.45, 2.75) is 38.9 Å². The molecule has 1 saturated heterocycles. The zero-order chi connectivity index (χ0) is 12.8. The molecular weight excluding hydrogens is 235 g/mol. The van der Waals surface area contributed by atoms with Crippen LogP contribution in [-0.2, 0) is 27.7 Å². The van der Waals surface area contributed by atoms with E-state index in [1.165, 1.54) is 27.7 Å². The van der Waals surface area contributed by atoms with E-state index in [1.54, 1.807) is 0 Å². The van der Waals surface area contributed by atoms with Gasteiger partial charge >= 0.3 is 7.82 Å². The minimum absolute atomic E-state index is 0.444. The monoisotopic (exact) mass is 250 g/mol. The van der Waals surface area contributed by atoms with E-state index >= 15 is 0 Å². The maximum absolute atomic E-state index is 11.9. The summed E-state index contributed by atoms with van der Waals surface area (Å²) < 4.78 is 26.6. The Hall–Kier alpha value is -0.550. The number of carbonyl (C=O) groups is 2. The lowest BCUT2D eigenvalue weighted by Crippen LogP contribution is -2.56. The Bertz CT molecular complexity index is 359. The van der Waals surface area contributed by atoms with E-state index in [0.717, 1.165) is 7.11 Å². The Balaban J connectivity index is 3.32. The Kier molecular flexibility index (Phi) is 3.16. The van der Waals surface area contributed by atoms with E-state index in [9.17, 15) is 14.2 Å². The van der Waals surface area contributed by atoms with Crippen LogP contribution in [0.15, 0.2) is 0 Å². The van der Waals surface area contributed by atoms with Crippen LogP contribution < -0.4 is 0 Å². The summed E-state index contributed by atoms with van der Waals surface area (Å²) in [5.74, 6) is -0.889. The predicted octanol–water partition coefficient (Wildman–Crippen LogP) is 1.48. The van der Waals surface area contributed by atoms with Crippen molar-refractivity contribution in [2.75, 3.05) is 7.11 Å². The molecule has 0 spiro atoms. The summed E-state index contributed by atoms with van der Waals surface area (Å²) >= 11 is 0. The Morgan fingerprint density at radius 2 is 1.38 bits per heavy atom. The first-order valence-electron chi connectivity index (χ1n) is 4.71. The van der Waals surface area contributed by atoms with Crippen molar-refractivity contribution in [3.8, 4) is 0 Å². The fraction of sp³-hybridized carbons (Fsp3) is 0.778. The van der Waals surface area contributed by atoms with Crippen molar-refractivity contribution in [2.24, 2.45) is 0 Å². The van der Waals surface area contributed by atoms with Crippen LogP contribution in [0.1, 0.15) is 27.7 Å². The molecule has 2 atom stereocenters. The van der Waals surface area contributed by atoms with E-state index in [2.05, 4.69) is 4.52 Å². The zero-order valence-corrected chi connectivity index (χ0v) is 10.8. The van der Waals surface area contributed by atoms with Gasteiger partial charge in [-0.3, -0.25) is 23.2 Å². The second-order valence-corrected chi connectivity index (χ2v) is 5.62. The second kappa shape index (κ2) is 3.74. The Labute approximate surface area is 93.9 Å². The van der Waals surface area contributed by atoms with E-state index < -0.39 is 30.6 Å². The fourth-order valence-corrected chi connectivity index (χ4v) is 3.20. The average molecular weight is 250 g/mol. The molecule has 1 heterocycles. The van der Waals surface area contributed by atoms with Gasteiger partial charge < -0.3 is 0 Å². The van der Waals surface area contributed by atoms with Crippen LogP contribution in [0.25, 0.3) is 0 Å². The summed E-state index contributed by atoms with van der Waals surface area (Å²) in [4.78, 5) is 23.1. The molecule has 0 amide bonds. The fourth-order valence-electron chi connectivity index (χ4n) is 1.51. The molecule has 6 nitrogen and oxygen atoms in total. The van der Waals surface area contributed by atoms with Crippen molar-refractivity contribution in [1.29, 1.82) is 0 Å². The molecule has 0 aliphatic carbocycles. The van der Waals surface area contributed by atoms with Crippen molar-refractivity contribution in [3.05, 3.63) is 0 Å². The lowest BCUT2D eigenvalue weighted by Gasteiger charge is -2.31. The maximum atomic E-state index is 11.9. The van der Waals surface area contributed by atoms with Gasteiger partial charge in [-0.15, -0.1) is 0 Å². The van der Waals surface area contributed by atoms with Gasteiger partial charge in [0.15, 0.2) is 22.8 Å². The molecule has 2 unspecified atom stereocenters. The highest BCUT2D eigenvalue weighted by molar-refractivity contribution is 7.49. The summed E-state index contributed by atoms with van der Waals surface area (Å²) in [6.45, 7) is 5.23. The highest BCUT2D eigenvalue weighted by atomic mass is 31.2. The number of hydrogen-bond donors (Lipinski definition) is 0. The summed E-state index contributed by atoms with van der Waals surface area (Å²) in [6.07, 6.45) is 0. The first kappa shape index (κ1) is 13.5. The van der Waals surface area contributed by atoms with Gasteiger partial charge in [-0.25, -0.2) is 4.57 Å². The van der Waals surface area contributed by atoms with Gasteiger partial charge in [0.1, 0.15) is 0 Å². The molecular formula is C9H15O6P. The summed E-state index contributed by atoms with van der Waals surface area (Å²) in [7, 11) is -2.71. The molecule has 7 heteroatoms. The number of phosphoric ester groups is 1. The molecule has 0 aromatic rings. The van der Waals surface area contributed by atoms with Crippen LogP contribution >= 0.6 is 7.82 Å². The average Bonchev–Trinajstić information content (AvgIpc) is 2.38. The summed E-state index contributed by atoms with van der Waals surface area (Å²) in [5, 5.41) is 0. The van der Waals surface area contributed by atoms with Gasteiger partial charge in [-0.1, -0.05) is 0 Å². The molecule has 0 saturated carbocycles. The molecule has 0 aromatic carbocycles. The Morgan fingerprint density at radius 1 is 1.06 bits per heavy atom. The number of ketones is 2. The third kappa shape index (κ3) is 1.66. The van der Waals surface area contributed by atoms with Crippen molar-refractivity contribution >= 4 is 19.4 Å². The van der Waals surface area contributed by atoms with E-state index in [1.807, 2.05) is 0 Å². The quantitative estimate of drug-likeness (QED) is 0.706. The summed E-state index contributed by atoms with van der Waals surface area (Å²) in [5.41, 5.74) is -3.19. The molecule has 1 fully saturated rings. The Morgan fingerprint density at radius 3 is 1.56 bits per heavy atom. The van der Waals surface area contributed by atoms with Crippen LogP contribution in [0, 0.1) is 0 Å². The number of carbonyl (C=O) groups excluding carboxylic acids is 2. The molecule has 0 bridgehead atoms. The topological polar surface area (TPSA) is 78.9 Å². The normalized spacial score (nSPS) is 43.3. The lowest BCUT2D eigenvalue weighted by molar-refractivity contribution is -0.150. The second-order valence-electron chi connectivity index (χ2n) is 3.99. The lowest BCUT2D eigenvalue weighted by atomic mass is 9.80. The van der Waals surface area contributed by atoms with Crippen LogP contribution in [0.3, 0.4) is 0 Å². The van der Waals surface area contributed by atoms with Gasteiger partial charge in [0.2, 0.25) is 0 Å². The SMILES string of the molecule is COP1(=O)OC(C)(C(C)=O)C(C)(C(C)=O)O1. The largest absolute Gasteiger partial charge is 0.476 e. The van der Waals surface area contributed by atoms with Crippen molar-refractivity contribution in [3.63, 3.8) is 0 Å². The van der Waals surface area contributed by atoms with Gasteiger partial charge in [0.25, 0.3) is 0 Å². The standard InChI is InChI=1S/C9H15O6P/c1-6(10)8(3)9(4,7(2)11)15-16(12,13-5)14-8/h1-5H3. The van der Waals surface area contributed by atoms with Crippen LogP contribution in [0.4, 0.5) is 0 Å². The highest BCUT2D eigenvalue weighted by Crippen LogP contribution is 2.64. The minimum atomic E-state index is -3.84. The summed E-state index contributed by atoms with van der Waals surface area (Å²) in [6, 6.07) is 0. The van der Waals surface area contributed by atoms with E-state index in [0.29, 0.717) is 0 Å². The molecule has 1 aliphatic heterocycles. The molecule has 0 radical (unpaired) electrons. The maximum Gasteiger partial charge on any atom is 0.476 e. The van der Waals surface area contributed by atoms with Crippen LogP contribution in [-0.4, -0.2) is 29.9 Å². The third-order valence-electron chi connectivity index (χ3n) is 3.07. The van der Waals surface area contributed by atoms with Gasteiger partial charge in [0.05, 0.1) is 0 Å². The van der Waals surface area contributed by atoms with Crippen LogP contribution in [0.5, 0.6) is 0 Å². The first-order chi connectivity index (χ1) is 7.11. The molecule has 92 valence electrons. The van der Waals surface area contributed by atoms with E-state index in [-0.39, 0.29) is 0 Å². The smallest absolute Gasteiger partial charge is 0.297 e. The molecule has 0 N–H and O–H groups in total. The number of rotatable bonds is 3. The van der Waals surface area contributed by atoms with Gasteiger partial charge in [-0.2, -0.15) is 0 Å². The van der Waals surface area contributed by atoms with Crippen molar-refractivity contribution < 1.29 is 27.7 Å². The number of phosphoric acid groups is 1. The number of hydrogen-bond acceptors (Lipinski definition) is 6. The predicted molar refractivity (Wildman–Crippen MR) is 55.0 cm³/mol. The molecule has 0 aromatic heterocycles. The highest BCUT2D eigenvalue weighted by Gasteiger charge is 2.66. The van der Waals surface area contributed by atoms with Gasteiger partial charge in [0, 0.05) is 7.11 Å². The van der Waals surface area contributed by atoms with Crippen molar-refractivity contribution in [1.82, 2.24) is 0 Å². The zero-order valence-electron chi connectivity index (χ0n) is 9.90.